The SMILES string of the molecule is COc1ccc(OC)c(NC(=O)C(C)OC(=O)c2cc(-c3ccco3)nc3onc(C)c23)c1. The lowest BCUT2D eigenvalue weighted by atomic mass is 10.1. The molecule has 3 aromatic heterocycles. The Morgan fingerprint density at radius 3 is 2.64 bits per heavy atom. The quantitative estimate of drug-likeness (QED) is 0.415. The van der Waals surface area contributed by atoms with Crippen molar-refractivity contribution in [2.24, 2.45) is 0 Å². The molecule has 1 atom stereocenters. The molecule has 0 fully saturated rings. The fourth-order valence-electron chi connectivity index (χ4n) is 3.23. The average Bonchev–Trinajstić information content (AvgIpc) is 3.48. The smallest absolute Gasteiger partial charge is 0.339 e. The lowest BCUT2D eigenvalue weighted by Crippen LogP contribution is -2.30. The van der Waals surface area contributed by atoms with Crippen LogP contribution >= 0.6 is 0 Å². The third-order valence-electron chi connectivity index (χ3n) is 4.93. The Labute approximate surface area is 188 Å². The van der Waals surface area contributed by atoms with E-state index in [1.165, 1.54) is 33.5 Å². The first-order chi connectivity index (χ1) is 15.9. The predicted octanol–water partition coefficient (Wildman–Crippen LogP) is 3.99. The van der Waals surface area contributed by atoms with Crippen LogP contribution < -0.4 is 14.8 Å². The molecular formula is C23H21N3O7. The van der Waals surface area contributed by atoms with Gasteiger partial charge < -0.3 is 28.5 Å². The van der Waals surface area contributed by atoms with Gasteiger partial charge in [-0.25, -0.2) is 9.78 Å². The number of hydrogen-bond donors (Lipinski definition) is 1. The number of nitrogens with one attached hydrogen (secondary N) is 1. The maximum atomic E-state index is 13.0. The topological polar surface area (TPSA) is 126 Å². The molecule has 0 aliphatic heterocycles. The highest BCUT2D eigenvalue weighted by Gasteiger charge is 2.25. The zero-order valence-corrected chi connectivity index (χ0v) is 18.4. The normalized spacial score (nSPS) is 11.8. The van der Waals surface area contributed by atoms with Gasteiger partial charge in [0.2, 0.25) is 0 Å². The molecule has 1 N–H and O–H groups in total. The highest BCUT2D eigenvalue weighted by Crippen LogP contribution is 2.30. The number of pyridine rings is 1. The largest absolute Gasteiger partial charge is 0.497 e. The average molecular weight is 451 g/mol. The number of carbonyl (C=O) groups is 2. The number of fused-ring (bicyclic) bond motifs is 1. The number of hydrogen-bond acceptors (Lipinski definition) is 9. The zero-order valence-electron chi connectivity index (χ0n) is 18.4. The van der Waals surface area contributed by atoms with Crippen molar-refractivity contribution in [2.45, 2.75) is 20.0 Å². The highest BCUT2D eigenvalue weighted by atomic mass is 16.5. The first kappa shape index (κ1) is 21.9. The minimum Gasteiger partial charge on any atom is -0.497 e. The number of anilines is 1. The number of esters is 1. The summed E-state index contributed by atoms with van der Waals surface area (Å²) in [5, 5.41) is 6.98. The standard InChI is InChI=1S/C23H21N3O7/c1-12-20-15(11-17(19-6-5-9-31-19)25-22(20)33-26-12)23(28)32-13(2)21(27)24-16-10-14(29-3)7-8-18(16)30-4/h5-11,13H,1-4H3,(H,24,27). The molecular weight excluding hydrogens is 430 g/mol. The van der Waals surface area contributed by atoms with Crippen LogP contribution in [0.2, 0.25) is 0 Å². The molecule has 1 aromatic carbocycles. The van der Waals surface area contributed by atoms with Crippen LogP contribution in [0, 0.1) is 6.92 Å². The van der Waals surface area contributed by atoms with Crippen molar-refractivity contribution in [2.75, 3.05) is 19.5 Å². The Balaban J connectivity index is 1.58. The number of methoxy groups -OCH3 is 2. The van der Waals surface area contributed by atoms with E-state index in [4.69, 9.17) is 23.2 Å². The summed E-state index contributed by atoms with van der Waals surface area (Å²) in [6.45, 7) is 3.15. The summed E-state index contributed by atoms with van der Waals surface area (Å²) in [6.07, 6.45) is 0.369. The molecule has 3 heterocycles. The van der Waals surface area contributed by atoms with Crippen LogP contribution in [0.25, 0.3) is 22.6 Å². The van der Waals surface area contributed by atoms with Crippen LogP contribution in [-0.2, 0) is 9.53 Å². The van der Waals surface area contributed by atoms with E-state index in [1.54, 1.807) is 37.3 Å². The van der Waals surface area contributed by atoms with E-state index < -0.39 is 18.0 Å². The van der Waals surface area contributed by atoms with Crippen molar-refractivity contribution in [1.82, 2.24) is 10.1 Å². The second kappa shape index (κ2) is 9.03. The van der Waals surface area contributed by atoms with Gasteiger partial charge in [0.1, 0.15) is 17.2 Å². The van der Waals surface area contributed by atoms with Crippen molar-refractivity contribution in [3.8, 4) is 23.0 Å². The van der Waals surface area contributed by atoms with Crippen LogP contribution in [-0.4, -0.2) is 42.3 Å². The fourth-order valence-corrected chi connectivity index (χ4v) is 3.23. The fraction of sp³-hybridized carbons (Fsp3) is 0.217. The van der Waals surface area contributed by atoms with Crippen LogP contribution in [0.4, 0.5) is 5.69 Å². The van der Waals surface area contributed by atoms with E-state index in [0.717, 1.165) is 0 Å². The molecule has 1 unspecified atom stereocenters. The number of nitrogens with zero attached hydrogens (tertiary/aromatic N) is 2. The molecule has 170 valence electrons. The molecule has 0 spiro atoms. The van der Waals surface area contributed by atoms with Crippen LogP contribution in [0.1, 0.15) is 23.0 Å². The van der Waals surface area contributed by atoms with Crippen molar-refractivity contribution >= 4 is 28.7 Å². The Kier molecular flexibility index (Phi) is 5.99. The number of aromatic nitrogens is 2. The Morgan fingerprint density at radius 2 is 1.94 bits per heavy atom. The molecule has 0 saturated carbocycles. The summed E-state index contributed by atoms with van der Waals surface area (Å²) in [5.74, 6) is 0.121. The summed E-state index contributed by atoms with van der Waals surface area (Å²) in [4.78, 5) is 30.1. The first-order valence-electron chi connectivity index (χ1n) is 9.96. The van der Waals surface area contributed by atoms with Gasteiger partial charge in [-0.15, -0.1) is 0 Å². The Bertz CT molecular complexity index is 1310. The van der Waals surface area contributed by atoms with E-state index in [2.05, 4.69) is 15.5 Å². The molecule has 33 heavy (non-hydrogen) atoms. The molecule has 0 aliphatic carbocycles. The van der Waals surface area contributed by atoms with E-state index >= 15 is 0 Å². The van der Waals surface area contributed by atoms with Crippen LogP contribution in [0.5, 0.6) is 11.5 Å². The number of rotatable bonds is 7. The van der Waals surface area contributed by atoms with Gasteiger partial charge in [0.05, 0.1) is 42.8 Å². The molecule has 4 aromatic rings. The summed E-state index contributed by atoms with van der Waals surface area (Å²) >= 11 is 0. The minimum absolute atomic E-state index is 0.156. The van der Waals surface area contributed by atoms with Gasteiger partial charge in [-0.1, -0.05) is 5.16 Å². The van der Waals surface area contributed by atoms with Crippen molar-refractivity contribution in [3.05, 3.63) is 53.9 Å². The van der Waals surface area contributed by atoms with Gasteiger partial charge in [0, 0.05) is 6.07 Å². The van der Waals surface area contributed by atoms with Crippen molar-refractivity contribution in [1.29, 1.82) is 0 Å². The highest BCUT2D eigenvalue weighted by molar-refractivity contribution is 6.05. The minimum atomic E-state index is -1.12. The Hall–Kier alpha value is -4.34. The molecule has 0 aliphatic rings. The second-order valence-electron chi connectivity index (χ2n) is 7.08. The third kappa shape index (κ3) is 4.36. The lowest BCUT2D eigenvalue weighted by molar-refractivity contribution is -0.123. The molecule has 0 saturated heterocycles. The second-order valence-corrected chi connectivity index (χ2v) is 7.08. The summed E-state index contributed by atoms with van der Waals surface area (Å²) in [5.41, 5.74) is 1.53. The zero-order chi connectivity index (χ0) is 23.5. The van der Waals surface area contributed by atoms with Gasteiger partial charge in [-0.2, -0.15) is 0 Å². The summed E-state index contributed by atoms with van der Waals surface area (Å²) in [6, 6.07) is 9.87. The van der Waals surface area contributed by atoms with Crippen LogP contribution in [0.15, 0.2) is 51.6 Å². The van der Waals surface area contributed by atoms with E-state index in [-0.39, 0.29) is 11.3 Å². The van der Waals surface area contributed by atoms with Gasteiger partial charge in [-0.3, -0.25) is 4.79 Å². The molecule has 0 bridgehead atoms. The summed E-state index contributed by atoms with van der Waals surface area (Å²) in [7, 11) is 2.99. The van der Waals surface area contributed by atoms with Gasteiger partial charge in [0.15, 0.2) is 11.9 Å². The molecule has 4 rings (SSSR count). The third-order valence-corrected chi connectivity index (χ3v) is 4.93. The maximum Gasteiger partial charge on any atom is 0.339 e. The van der Waals surface area contributed by atoms with Crippen molar-refractivity contribution in [3.63, 3.8) is 0 Å². The van der Waals surface area contributed by atoms with E-state index in [0.29, 0.717) is 39.7 Å². The molecule has 10 heteroatoms. The number of amides is 1. The molecule has 1 amide bonds. The van der Waals surface area contributed by atoms with Crippen molar-refractivity contribution < 1.29 is 32.7 Å². The monoisotopic (exact) mass is 451 g/mol. The number of carbonyl (C=O) groups excluding carboxylic acids is 2. The number of furan rings is 1. The number of aryl methyl sites for hydroxylation is 1. The van der Waals surface area contributed by atoms with Gasteiger partial charge in [0.25, 0.3) is 11.6 Å². The first-order valence-corrected chi connectivity index (χ1v) is 9.96. The summed E-state index contributed by atoms with van der Waals surface area (Å²) < 4.78 is 26.5. The van der Waals surface area contributed by atoms with Gasteiger partial charge in [-0.05, 0) is 44.2 Å². The number of benzene rings is 1. The number of ether oxygens (including phenoxy) is 3. The maximum absolute atomic E-state index is 13.0. The molecule has 10 nitrogen and oxygen atoms in total. The predicted molar refractivity (Wildman–Crippen MR) is 117 cm³/mol. The van der Waals surface area contributed by atoms with E-state index in [9.17, 15) is 9.59 Å². The Morgan fingerprint density at radius 1 is 1.12 bits per heavy atom. The molecule has 0 radical (unpaired) electrons. The lowest BCUT2D eigenvalue weighted by Gasteiger charge is -2.16. The van der Waals surface area contributed by atoms with E-state index in [1.807, 2.05) is 0 Å². The van der Waals surface area contributed by atoms with Crippen LogP contribution in [0.3, 0.4) is 0 Å². The van der Waals surface area contributed by atoms with Gasteiger partial charge >= 0.3 is 5.97 Å².